The highest BCUT2D eigenvalue weighted by Crippen LogP contribution is 2.33. The van der Waals surface area contributed by atoms with Crippen LogP contribution in [0.1, 0.15) is 28.6 Å². The molecule has 1 unspecified atom stereocenters. The summed E-state index contributed by atoms with van der Waals surface area (Å²) in [4.78, 5) is 15.8. The zero-order valence-corrected chi connectivity index (χ0v) is 12.7. The van der Waals surface area contributed by atoms with E-state index in [4.69, 9.17) is 4.74 Å². The van der Waals surface area contributed by atoms with Crippen LogP contribution in [0.2, 0.25) is 0 Å². The lowest BCUT2D eigenvalue weighted by Crippen LogP contribution is -2.19. The molecule has 2 heterocycles. The molecule has 110 valence electrons. The van der Waals surface area contributed by atoms with Gasteiger partial charge >= 0.3 is 5.97 Å². The highest BCUT2D eigenvalue weighted by Gasteiger charge is 2.23. The Hall–Kier alpha value is -1.88. The van der Waals surface area contributed by atoms with Gasteiger partial charge < -0.3 is 9.47 Å². The van der Waals surface area contributed by atoms with E-state index in [2.05, 4.69) is 15.8 Å². The molecule has 0 saturated heterocycles. The van der Waals surface area contributed by atoms with Gasteiger partial charge in [-0.2, -0.15) is 0 Å². The molecule has 0 spiro atoms. The molecule has 4 nitrogen and oxygen atoms in total. The quantitative estimate of drug-likeness (QED) is 0.815. The highest BCUT2D eigenvalue weighted by molar-refractivity contribution is 7.09. The summed E-state index contributed by atoms with van der Waals surface area (Å²) >= 11 is 1.65. The van der Waals surface area contributed by atoms with Crippen LogP contribution >= 0.6 is 11.3 Å². The van der Waals surface area contributed by atoms with Gasteiger partial charge in [-0.1, -0.05) is 18.2 Å². The number of benzene rings is 1. The van der Waals surface area contributed by atoms with Crippen LogP contribution in [-0.4, -0.2) is 24.7 Å². The van der Waals surface area contributed by atoms with Gasteiger partial charge in [-0.05, 0) is 18.1 Å². The maximum Gasteiger partial charge on any atom is 0.305 e. The Bertz CT molecular complexity index is 638. The Morgan fingerprint density at radius 2 is 2.33 bits per heavy atom. The number of esters is 1. The number of hydrogen-bond donors (Lipinski definition) is 0. The molecule has 1 aromatic heterocycles. The third-order valence-corrected chi connectivity index (χ3v) is 4.67. The lowest BCUT2D eigenvalue weighted by molar-refractivity contribution is -0.140. The van der Waals surface area contributed by atoms with Crippen LogP contribution in [0.25, 0.3) is 0 Å². The SMILES string of the molecule is COC(=O)CCc1csc(C2COc3ccccc3C2)n1. The van der Waals surface area contributed by atoms with E-state index in [-0.39, 0.29) is 5.97 Å². The minimum atomic E-state index is -0.195. The van der Waals surface area contributed by atoms with E-state index in [1.54, 1.807) is 11.3 Å². The summed E-state index contributed by atoms with van der Waals surface area (Å²) in [6.45, 7) is 0.668. The van der Waals surface area contributed by atoms with Gasteiger partial charge in [-0.25, -0.2) is 4.98 Å². The smallest absolute Gasteiger partial charge is 0.305 e. The molecule has 0 saturated carbocycles. The first-order valence-electron chi connectivity index (χ1n) is 6.98. The van der Waals surface area contributed by atoms with Crippen molar-refractivity contribution in [3.63, 3.8) is 0 Å². The topological polar surface area (TPSA) is 48.4 Å². The molecule has 1 atom stereocenters. The largest absolute Gasteiger partial charge is 0.493 e. The summed E-state index contributed by atoms with van der Waals surface area (Å²) in [6.07, 6.45) is 1.97. The predicted molar refractivity (Wildman–Crippen MR) is 80.8 cm³/mol. The summed E-state index contributed by atoms with van der Waals surface area (Å²) in [5.41, 5.74) is 2.19. The average molecular weight is 303 g/mol. The fourth-order valence-corrected chi connectivity index (χ4v) is 3.38. The van der Waals surface area contributed by atoms with Crippen molar-refractivity contribution in [1.82, 2.24) is 4.98 Å². The standard InChI is InChI=1S/C16H17NO3S/c1-19-15(18)7-6-13-10-21-16(17-13)12-8-11-4-2-3-5-14(11)20-9-12/h2-5,10,12H,6-9H2,1H3. The second-order valence-electron chi connectivity index (χ2n) is 5.07. The summed E-state index contributed by atoms with van der Waals surface area (Å²) in [5, 5.41) is 3.11. The van der Waals surface area contributed by atoms with Gasteiger partial charge in [0.1, 0.15) is 5.75 Å². The Balaban J connectivity index is 1.66. The van der Waals surface area contributed by atoms with Crippen LogP contribution in [0.3, 0.4) is 0 Å². The van der Waals surface area contributed by atoms with Gasteiger partial charge in [0.2, 0.25) is 0 Å². The fourth-order valence-electron chi connectivity index (χ4n) is 2.44. The molecule has 1 aliphatic heterocycles. The van der Waals surface area contributed by atoms with E-state index in [1.807, 2.05) is 23.6 Å². The number of thiazole rings is 1. The van der Waals surface area contributed by atoms with E-state index in [9.17, 15) is 4.79 Å². The second-order valence-corrected chi connectivity index (χ2v) is 5.96. The first kappa shape index (κ1) is 14.1. The van der Waals surface area contributed by atoms with E-state index < -0.39 is 0 Å². The Labute approximate surface area is 127 Å². The molecule has 1 aliphatic rings. The minimum absolute atomic E-state index is 0.195. The van der Waals surface area contributed by atoms with Gasteiger partial charge in [-0.3, -0.25) is 4.79 Å². The maximum absolute atomic E-state index is 11.2. The van der Waals surface area contributed by atoms with Crippen LogP contribution in [0.15, 0.2) is 29.6 Å². The van der Waals surface area contributed by atoms with Crippen LogP contribution in [0, 0.1) is 0 Å². The van der Waals surface area contributed by atoms with Crippen molar-refractivity contribution in [2.24, 2.45) is 0 Å². The van der Waals surface area contributed by atoms with E-state index in [0.29, 0.717) is 25.4 Å². The Morgan fingerprint density at radius 1 is 1.48 bits per heavy atom. The van der Waals surface area contributed by atoms with Crippen molar-refractivity contribution in [3.05, 3.63) is 45.9 Å². The molecule has 0 N–H and O–H groups in total. The van der Waals surface area contributed by atoms with Gasteiger partial charge in [0, 0.05) is 17.7 Å². The number of rotatable bonds is 4. The predicted octanol–water partition coefficient (Wildman–Crippen LogP) is 2.97. The minimum Gasteiger partial charge on any atom is -0.493 e. The van der Waals surface area contributed by atoms with E-state index in [1.165, 1.54) is 12.7 Å². The summed E-state index contributed by atoms with van der Waals surface area (Å²) in [7, 11) is 1.41. The zero-order chi connectivity index (χ0) is 14.7. The third-order valence-electron chi connectivity index (χ3n) is 3.61. The number of aryl methyl sites for hydroxylation is 1. The summed E-state index contributed by atoms with van der Waals surface area (Å²) < 4.78 is 10.5. The lowest BCUT2D eigenvalue weighted by atomic mass is 9.97. The molecule has 1 aromatic carbocycles. The number of carbonyl (C=O) groups excluding carboxylic acids is 1. The molecule has 21 heavy (non-hydrogen) atoms. The lowest BCUT2D eigenvalue weighted by Gasteiger charge is -2.23. The first-order chi connectivity index (χ1) is 10.3. The highest BCUT2D eigenvalue weighted by atomic mass is 32.1. The number of ether oxygens (including phenoxy) is 2. The van der Waals surface area contributed by atoms with Crippen molar-refractivity contribution in [2.75, 3.05) is 13.7 Å². The van der Waals surface area contributed by atoms with Crippen molar-refractivity contribution in [1.29, 1.82) is 0 Å². The third kappa shape index (κ3) is 3.24. The molecular formula is C16H17NO3S. The Morgan fingerprint density at radius 3 is 3.19 bits per heavy atom. The average Bonchev–Trinajstić information content (AvgIpc) is 3.01. The van der Waals surface area contributed by atoms with Crippen molar-refractivity contribution < 1.29 is 14.3 Å². The van der Waals surface area contributed by atoms with E-state index in [0.717, 1.165) is 22.9 Å². The molecule has 0 fully saturated rings. The van der Waals surface area contributed by atoms with Gasteiger partial charge in [-0.15, -0.1) is 11.3 Å². The second kappa shape index (κ2) is 6.26. The number of fused-ring (bicyclic) bond motifs is 1. The molecule has 0 radical (unpaired) electrons. The van der Waals surface area contributed by atoms with Gasteiger partial charge in [0.25, 0.3) is 0 Å². The Kier molecular flexibility index (Phi) is 4.20. The molecule has 5 heteroatoms. The molecule has 0 bridgehead atoms. The number of methoxy groups -OCH3 is 1. The summed E-state index contributed by atoms with van der Waals surface area (Å²) in [5.74, 6) is 1.09. The number of aromatic nitrogens is 1. The van der Waals surface area contributed by atoms with Crippen LogP contribution in [0.5, 0.6) is 5.75 Å². The normalized spacial score (nSPS) is 16.9. The monoisotopic (exact) mass is 303 g/mol. The molecule has 0 amide bonds. The molecule has 0 aliphatic carbocycles. The van der Waals surface area contributed by atoms with Crippen molar-refractivity contribution in [3.8, 4) is 5.75 Å². The fraction of sp³-hybridized carbons (Fsp3) is 0.375. The number of para-hydroxylation sites is 1. The summed E-state index contributed by atoms with van der Waals surface area (Å²) in [6, 6.07) is 8.14. The van der Waals surface area contributed by atoms with Crippen LogP contribution in [0.4, 0.5) is 0 Å². The number of hydrogen-bond acceptors (Lipinski definition) is 5. The zero-order valence-electron chi connectivity index (χ0n) is 11.9. The van der Waals surface area contributed by atoms with Crippen molar-refractivity contribution in [2.45, 2.75) is 25.2 Å². The van der Waals surface area contributed by atoms with Crippen LogP contribution < -0.4 is 4.74 Å². The number of nitrogens with zero attached hydrogens (tertiary/aromatic N) is 1. The molecule has 3 rings (SSSR count). The maximum atomic E-state index is 11.2. The molecule has 2 aromatic rings. The van der Waals surface area contributed by atoms with Gasteiger partial charge in [0.15, 0.2) is 0 Å². The van der Waals surface area contributed by atoms with Gasteiger partial charge in [0.05, 0.1) is 30.8 Å². The number of carbonyl (C=O) groups is 1. The first-order valence-corrected chi connectivity index (χ1v) is 7.86. The molecular weight excluding hydrogens is 286 g/mol. The van der Waals surface area contributed by atoms with Crippen LogP contribution in [-0.2, 0) is 22.4 Å². The van der Waals surface area contributed by atoms with Crippen molar-refractivity contribution >= 4 is 17.3 Å². The van der Waals surface area contributed by atoms with E-state index >= 15 is 0 Å².